The van der Waals surface area contributed by atoms with Crippen LogP contribution in [0.2, 0.25) is 0 Å². The normalized spacial score (nSPS) is 37.9. The third-order valence-corrected chi connectivity index (χ3v) is 5.10. The van der Waals surface area contributed by atoms with E-state index in [1.165, 1.54) is 49.9 Å². The Morgan fingerprint density at radius 2 is 1.41 bits per heavy atom. The van der Waals surface area contributed by atoms with Gasteiger partial charge in [0.2, 0.25) is 0 Å². The van der Waals surface area contributed by atoms with Gasteiger partial charge < -0.3 is 0 Å². The van der Waals surface area contributed by atoms with E-state index in [1.807, 2.05) is 0 Å². The second-order valence-electron chi connectivity index (χ2n) is 6.08. The highest BCUT2D eigenvalue weighted by atomic mass is 15.8. The minimum Gasteiger partial charge on any atom is -0.296 e. The van der Waals surface area contributed by atoms with Crippen LogP contribution in [0.4, 0.5) is 0 Å². The Labute approximate surface area is 105 Å². The fourth-order valence-electron chi connectivity index (χ4n) is 3.96. The Kier molecular flexibility index (Phi) is 2.81. The molecule has 0 saturated heterocycles. The lowest BCUT2D eigenvalue weighted by molar-refractivity contribution is 0.169. The quantitative estimate of drug-likeness (QED) is 0.696. The maximum Gasteiger partial charge on any atom is 0.0514 e. The minimum absolute atomic E-state index is 1.01. The SMILES string of the molecule is C[C@@H]1C2CCCC3=C(CCC[C@@H]21)N(C)NN3C. The summed E-state index contributed by atoms with van der Waals surface area (Å²) in [5.41, 5.74) is 6.43. The molecule has 17 heavy (non-hydrogen) atoms. The van der Waals surface area contributed by atoms with Crippen molar-refractivity contribution in [3.63, 3.8) is 0 Å². The third-order valence-electron chi connectivity index (χ3n) is 5.10. The highest BCUT2D eigenvalue weighted by molar-refractivity contribution is 5.15. The fraction of sp³-hybridized carbons (Fsp3) is 0.857. The highest BCUT2D eigenvalue weighted by Crippen LogP contribution is 2.52. The molecule has 0 aromatic heterocycles. The Hall–Kier alpha value is -0.700. The average Bonchev–Trinajstić information content (AvgIpc) is 2.82. The number of allylic oxidation sites excluding steroid dienone is 2. The number of rotatable bonds is 0. The first-order chi connectivity index (χ1) is 8.18. The van der Waals surface area contributed by atoms with Crippen LogP contribution in [0.5, 0.6) is 0 Å². The van der Waals surface area contributed by atoms with Crippen LogP contribution in [0.25, 0.3) is 0 Å². The van der Waals surface area contributed by atoms with E-state index in [4.69, 9.17) is 0 Å². The van der Waals surface area contributed by atoms with Gasteiger partial charge in [0.05, 0.1) is 11.4 Å². The maximum absolute atomic E-state index is 3.38. The highest BCUT2D eigenvalue weighted by Gasteiger charge is 2.45. The van der Waals surface area contributed by atoms with E-state index in [-0.39, 0.29) is 0 Å². The molecule has 3 atom stereocenters. The first-order valence-electron chi connectivity index (χ1n) is 7.14. The monoisotopic (exact) mass is 235 g/mol. The molecule has 96 valence electrons. The van der Waals surface area contributed by atoms with Crippen molar-refractivity contribution in [2.75, 3.05) is 14.1 Å². The summed E-state index contributed by atoms with van der Waals surface area (Å²) in [7, 11) is 4.29. The van der Waals surface area contributed by atoms with E-state index >= 15 is 0 Å². The molecule has 3 rings (SSSR count). The second-order valence-corrected chi connectivity index (χ2v) is 6.08. The number of hydrogen-bond acceptors (Lipinski definition) is 3. The molecule has 0 spiro atoms. The molecule has 1 N–H and O–H groups in total. The van der Waals surface area contributed by atoms with E-state index in [2.05, 4.69) is 36.6 Å². The van der Waals surface area contributed by atoms with Gasteiger partial charge in [-0.1, -0.05) is 6.92 Å². The zero-order valence-electron chi connectivity index (χ0n) is 11.4. The Morgan fingerprint density at radius 3 is 1.88 bits per heavy atom. The predicted molar refractivity (Wildman–Crippen MR) is 69.5 cm³/mol. The topological polar surface area (TPSA) is 18.5 Å². The van der Waals surface area contributed by atoms with Gasteiger partial charge in [-0.2, -0.15) is 0 Å². The summed E-state index contributed by atoms with van der Waals surface area (Å²) in [6.07, 6.45) is 8.12. The minimum atomic E-state index is 1.01. The lowest BCUT2D eigenvalue weighted by atomic mass is 10.0. The Morgan fingerprint density at radius 1 is 0.941 bits per heavy atom. The molecule has 0 bridgehead atoms. The standard InChI is InChI=1S/C14H25N3/c1-10-11-6-4-8-13-14(9-5-7-12(10)11)17(3)15-16(13)2/h10-12,15H,4-9H2,1-3H3/t10-,11+,12?/m0/s1. The van der Waals surface area contributed by atoms with Crippen molar-refractivity contribution in [2.24, 2.45) is 17.8 Å². The Balaban J connectivity index is 1.72. The van der Waals surface area contributed by atoms with Crippen molar-refractivity contribution in [2.45, 2.75) is 45.4 Å². The molecule has 3 heteroatoms. The molecule has 1 heterocycles. The van der Waals surface area contributed by atoms with Crippen molar-refractivity contribution in [3.8, 4) is 0 Å². The van der Waals surface area contributed by atoms with Crippen LogP contribution in [-0.2, 0) is 0 Å². The van der Waals surface area contributed by atoms with Crippen molar-refractivity contribution >= 4 is 0 Å². The zero-order chi connectivity index (χ0) is 12.0. The van der Waals surface area contributed by atoms with Gasteiger partial charge in [0.15, 0.2) is 0 Å². The van der Waals surface area contributed by atoms with Crippen molar-refractivity contribution in [1.82, 2.24) is 15.6 Å². The van der Waals surface area contributed by atoms with Gasteiger partial charge >= 0.3 is 0 Å². The summed E-state index contributed by atoms with van der Waals surface area (Å²) in [4.78, 5) is 0. The molecule has 1 unspecified atom stereocenters. The molecule has 0 amide bonds. The molecular weight excluding hydrogens is 210 g/mol. The molecule has 1 saturated carbocycles. The number of hydrazine groups is 2. The van der Waals surface area contributed by atoms with Gasteiger partial charge in [-0.15, -0.1) is 5.53 Å². The van der Waals surface area contributed by atoms with E-state index in [1.54, 1.807) is 0 Å². The fourth-order valence-corrected chi connectivity index (χ4v) is 3.96. The zero-order valence-corrected chi connectivity index (χ0v) is 11.4. The summed E-state index contributed by atoms with van der Waals surface area (Å²) >= 11 is 0. The van der Waals surface area contributed by atoms with Crippen molar-refractivity contribution in [3.05, 3.63) is 11.4 Å². The molecule has 0 radical (unpaired) electrons. The van der Waals surface area contributed by atoms with Crippen LogP contribution < -0.4 is 5.53 Å². The maximum atomic E-state index is 3.38. The van der Waals surface area contributed by atoms with Crippen molar-refractivity contribution in [1.29, 1.82) is 0 Å². The number of nitrogens with zero attached hydrogens (tertiary/aromatic N) is 2. The van der Waals surface area contributed by atoms with E-state index in [9.17, 15) is 0 Å². The van der Waals surface area contributed by atoms with E-state index in [0.717, 1.165) is 17.8 Å². The molecule has 3 nitrogen and oxygen atoms in total. The average molecular weight is 235 g/mol. The van der Waals surface area contributed by atoms with Gasteiger partial charge in [-0.3, -0.25) is 10.0 Å². The first-order valence-corrected chi connectivity index (χ1v) is 7.14. The number of fused-ring (bicyclic) bond motifs is 1. The molecular formula is C14H25N3. The summed E-state index contributed by atoms with van der Waals surface area (Å²) in [5, 5.41) is 4.43. The third kappa shape index (κ3) is 1.95. The number of nitrogens with one attached hydrogen (secondary N) is 1. The summed E-state index contributed by atoms with van der Waals surface area (Å²) < 4.78 is 0. The lowest BCUT2D eigenvalue weighted by Gasteiger charge is -2.18. The number of hydrogen-bond donors (Lipinski definition) is 1. The molecule has 0 aromatic rings. The van der Waals surface area contributed by atoms with Gasteiger partial charge in [0.25, 0.3) is 0 Å². The van der Waals surface area contributed by atoms with Crippen LogP contribution in [0.15, 0.2) is 11.4 Å². The predicted octanol–water partition coefficient (Wildman–Crippen LogP) is 2.73. The largest absolute Gasteiger partial charge is 0.296 e. The van der Waals surface area contributed by atoms with Gasteiger partial charge in [0, 0.05) is 14.1 Å². The second kappa shape index (κ2) is 4.20. The van der Waals surface area contributed by atoms with Gasteiger partial charge in [-0.25, -0.2) is 0 Å². The Bertz CT molecular complexity index is 306. The summed E-state index contributed by atoms with van der Waals surface area (Å²) in [6.45, 7) is 2.45. The smallest absolute Gasteiger partial charge is 0.0514 e. The van der Waals surface area contributed by atoms with Crippen LogP contribution in [0, 0.1) is 17.8 Å². The first kappa shape index (κ1) is 11.4. The molecule has 1 fully saturated rings. The van der Waals surface area contributed by atoms with E-state index in [0.29, 0.717) is 0 Å². The van der Waals surface area contributed by atoms with Gasteiger partial charge in [0.1, 0.15) is 0 Å². The van der Waals surface area contributed by atoms with Gasteiger partial charge in [-0.05, 0) is 56.3 Å². The van der Waals surface area contributed by atoms with E-state index < -0.39 is 0 Å². The lowest BCUT2D eigenvalue weighted by Crippen LogP contribution is -2.36. The van der Waals surface area contributed by atoms with Crippen LogP contribution in [0.3, 0.4) is 0 Å². The molecule has 0 aromatic carbocycles. The van der Waals surface area contributed by atoms with Crippen LogP contribution in [-0.4, -0.2) is 24.1 Å². The molecule has 3 aliphatic rings. The molecule has 2 aliphatic carbocycles. The molecule has 1 aliphatic heterocycles. The van der Waals surface area contributed by atoms with Crippen LogP contribution in [0.1, 0.15) is 45.4 Å². The van der Waals surface area contributed by atoms with Crippen molar-refractivity contribution < 1.29 is 0 Å². The van der Waals surface area contributed by atoms with Crippen LogP contribution >= 0.6 is 0 Å². The summed E-state index contributed by atoms with van der Waals surface area (Å²) in [6, 6.07) is 0. The summed E-state index contributed by atoms with van der Waals surface area (Å²) in [5.74, 6) is 3.11.